The number of hydrazine groups is 1. The molecule has 4 aromatic rings. The second kappa shape index (κ2) is 10.1. The first-order valence-corrected chi connectivity index (χ1v) is 11.7. The number of carbonyl (C=O) groups excluding carboxylic acids is 2. The third-order valence-corrected chi connectivity index (χ3v) is 6.48. The van der Waals surface area contributed by atoms with E-state index in [2.05, 4.69) is 30.7 Å². The summed E-state index contributed by atoms with van der Waals surface area (Å²) in [5.41, 5.74) is 7.58. The van der Waals surface area contributed by atoms with Gasteiger partial charge in [-0.2, -0.15) is 0 Å². The van der Waals surface area contributed by atoms with Gasteiger partial charge in [0, 0.05) is 47.4 Å². The van der Waals surface area contributed by atoms with Crippen LogP contribution in [0.2, 0.25) is 5.02 Å². The van der Waals surface area contributed by atoms with Gasteiger partial charge in [0.25, 0.3) is 5.91 Å². The van der Waals surface area contributed by atoms with Crippen LogP contribution >= 0.6 is 11.6 Å². The Kier molecular flexibility index (Phi) is 6.54. The fraction of sp³-hybridized carbons (Fsp3) is 0.192. The van der Waals surface area contributed by atoms with Gasteiger partial charge in [-0.1, -0.05) is 48.0 Å². The zero-order valence-electron chi connectivity index (χ0n) is 18.8. The van der Waals surface area contributed by atoms with E-state index in [4.69, 9.17) is 11.6 Å². The minimum Gasteiger partial charge on any atom is -0.355 e. The van der Waals surface area contributed by atoms with Crippen LogP contribution in [-0.4, -0.2) is 39.9 Å². The molecule has 2 aromatic carbocycles. The van der Waals surface area contributed by atoms with E-state index in [0.29, 0.717) is 53.1 Å². The zero-order chi connectivity index (χ0) is 24.2. The lowest BCUT2D eigenvalue weighted by Gasteiger charge is -2.31. The Morgan fingerprint density at radius 2 is 1.74 bits per heavy atom. The summed E-state index contributed by atoms with van der Waals surface area (Å²) in [4.78, 5) is 41.1. The van der Waals surface area contributed by atoms with E-state index in [1.807, 2.05) is 42.5 Å². The molecule has 176 valence electrons. The molecule has 0 aliphatic carbocycles. The smallest absolute Gasteiger partial charge is 0.270 e. The second-order valence-electron chi connectivity index (χ2n) is 8.32. The first kappa shape index (κ1) is 22.7. The quantitative estimate of drug-likeness (QED) is 0.422. The molecule has 1 aliphatic rings. The van der Waals surface area contributed by atoms with Crippen LogP contribution in [0.1, 0.15) is 23.2 Å². The number of piperidine rings is 1. The summed E-state index contributed by atoms with van der Waals surface area (Å²) in [5, 5.41) is 1.23. The van der Waals surface area contributed by atoms with Gasteiger partial charge >= 0.3 is 0 Å². The molecule has 2 N–H and O–H groups in total. The molecule has 8 nitrogen and oxygen atoms in total. The molecule has 5 rings (SSSR count). The third kappa shape index (κ3) is 4.93. The molecule has 0 radical (unpaired) electrons. The van der Waals surface area contributed by atoms with Crippen molar-refractivity contribution in [1.29, 1.82) is 0 Å². The number of pyridine rings is 1. The topological polar surface area (TPSA) is 100 Å². The van der Waals surface area contributed by atoms with Crippen LogP contribution in [-0.2, 0) is 4.79 Å². The molecule has 0 atom stereocenters. The van der Waals surface area contributed by atoms with Gasteiger partial charge in [0.2, 0.25) is 5.91 Å². The highest BCUT2D eigenvalue weighted by Crippen LogP contribution is 2.29. The van der Waals surface area contributed by atoms with E-state index in [1.165, 1.54) is 0 Å². The van der Waals surface area contributed by atoms with Crippen molar-refractivity contribution in [3.05, 3.63) is 83.8 Å². The number of halogens is 1. The molecule has 1 fully saturated rings. The first-order valence-electron chi connectivity index (χ1n) is 11.4. The van der Waals surface area contributed by atoms with Gasteiger partial charge in [-0.3, -0.25) is 25.4 Å². The molecule has 3 heterocycles. The van der Waals surface area contributed by atoms with Crippen LogP contribution in [0.5, 0.6) is 0 Å². The molecule has 9 heteroatoms. The Balaban J connectivity index is 1.28. The number of fused-ring (bicyclic) bond motifs is 1. The average molecular weight is 487 g/mol. The van der Waals surface area contributed by atoms with Gasteiger partial charge in [0.15, 0.2) is 0 Å². The Bertz CT molecular complexity index is 1370. The van der Waals surface area contributed by atoms with Crippen LogP contribution in [0.3, 0.4) is 0 Å². The van der Waals surface area contributed by atoms with Crippen molar-refractivity contribution < 1.29 is 9.59 Å². The molecule has 0 bridgehead atoms. The minimum atomic E-state index is -0.415. The molecule has 0 saturated carbocycles. The number of amides is 2. The van der Waals surface area contributed by atoms with Gasteiger partial charge in [0.05, 0.1) is 23.0 Å². The Hall–Kier alpha value is -4.04. The molecule has 0 spiro atoms. The maximum atomic E-state index is 13.1. The fourth-order valence-corrected chi connectivity index (χ4v) is 4.52. The number of anilines is 1. The van der Waals surface area contributed by atoms with Crippen molar-refractivity contribution in [2.24, 2.45) is 5.92 Å². The molecule has 1 aliphatic heterocycles. The van der Waals surface area contributed by atoms with Crippen molar-refractivity contribution in [2.75, 3.05) is 18.0 Å². The van der Waals surface area contributed by atoms with Crippen molar-refractivity contribution in [1.82, 2.24) is 25.8 Å². The first-order chi connectivity index (χ1) is 17.1. The maximum Gasteiger partial charge on any atom is 0.270 e. The van der Waals surface area contributed by atoms with Crippen LogP contribution in [0.25, 0.3) is 22.2 Å². The lowest BCUT2D eigenvalue weighted by Crippen LogP contribution is -2.47. The fourth-order valence-electron chi connectivity index (χ4n) is 4.28. The van der Waals surface area contributed by atoms with E-state index >= 15 is 0 Å². The number of hydrogen-bond acceptors (Lipinski definition) is 6. The molecular formula is C26H23ClN6O2. The molecule has 2 amide bonds. The average Bonchev–Trinajstić information content (AvgIpc) is 2.91. The van der Waals surface area contributed by atoms with Crippen LogP contribution in [0, 0.1) is 5.92 Å². The lowest BCUT2D eigenvalue weighted by molar-refractivity contribution is -0.126. The number of para-hydroxylation sites is 1. The van der Waals surface area contributed by atoms with Crippen LogP contribution < -0.4 is 15.8 Å². The summed E-state index contributed by atoms with van der Waals surface area (Å²) >= 11 is 6.37. The summed E-state index contributed by atoms with van der Waals surface area (Å²) in [7, 11) is 0. The summed E-state index contributed by atoms with van der Waals surface area (Å²) in [6.07, 6.45) is 6.33. The molecule has 35 heavy (non-hydrogen) atoms. The van der Waals surface area contributed by atoms with E-state index in [9.17, 15) is 9.59 Å². The number of nitrogens with one attached hydrogen (secondary N) is 2. The Morgan fingerprint density at radius 3 is 2.51 bits per heavy atom. The maximum absolute atomic E-state index is 13.1. The van der Waals surface area contributed by atoms with Gasteiger partial charge < -0.3 is 4.90 Å². The number of rotatable bonds is 4. The highest BCUT2D eigenvalue weighted by molar-refractivity contribution is 6.33. The normalized spacial score (nSPS) is 14.0. The number of benzene rings is 2. The number of nitrogens with zero attached hydrogens (tertiary/aromatic N) is 4. The molecule has 0 unspecified atom stereocenters. The van der Waals surface area contributed by atoms with E-state index in [0.717, 1.165) is 11.4 Å². The highest BCUT2D eigenvalue weighted by Gasteiger charge is 2.26. The second-order valence-corrected chi connectivity index (χ2v) is 8.73. The van der Waals surface area contributed by atoms with E-state index < -0.39 is 5.91 Å². The van der Waals surface area contributed by atoms with Gasteiger partial charge in [-0.25, -0.2) is 9.97 Å². The summed E-state index contributed by atoms with van der Waals surface area (Å²) in [6, 6.07) is 16.4. The predicted octanol–water partition coefficient (Wildman–Crippen LogP) is 4.02. The zero-order valence-corrected chi connectivity index (χ0v) is 19.6. The van der Waals surface area contributed by atoms with E-state index in [1.54, 1.807) is 30.7 Å². The Labute approximate surface area is 207 Å². The van der Waals surface area contributed by atoms with E-state index in [-0.39, 0.29) is 11.8 Å². The number of hydrogen-bond donors (Lipinski definition) is 2. The lowest BCUT2D eigenvalue weighted by atomic mass is 9.96. The van der Waals surface area contributed by atoms with Crippen LogP contribution in [0.15, 0.2) is 73.2 Å². The summed E-state index contributed by atoms with van der Waals surface area (Å²) in [5.74, 6) is -0.0151. The SMILES string of the molecule is O=C(NNC(=O)C1CCN(c2cnccn2)CC1)c1cc(-c2ccccc2Cl)nc2ccccc12. The van der Waals surface area contributed by atoms with Gasteiger partial charge in [-0.05, 0) is 31.0 Å². The molecular weight excluding hydrogens is 464 g/mol. The third-order valence-electron chi connectivity index (χ3n) is 6.15. The van der Waals surface area contributed by atoms with Crippen molar-refractivity contribution in [2.45, 2.75) is 12.8 Å². The standard InChI is InChI=1S/C26H23ClN6O2/c27-21-7-3-1-6-19(21)23-15-20(18-5-2-4-8-22(18)30-23)26(35)32-31-25(34)17-9-13-33(14-10-17)24-16-28-11-12-29-24/h1-8,11-12,15-17H,9-10,13-14H2,(H,31,34)(H,32,35). The predicted molar refractivity (Wildman–Crippen MR) is 135 cm³/mol. The van der Waals surface area contributed by atoms with Gasteiger partial charge in [-0.15, -0.1) is 0 Å². The van der Waals surface area contributed by atoms with Crippen LogP contribution in [0.4, 0.5) is 5.82 Å². The van der Waals surface area contributed by atoms with Crippen molar-refractivity contribution in [3.63, 3.8) is 0 Å². The summed E-state index contributed by atoms with van der Waals surface area (Å²) < 4.78 is 0. The van der Waals surface area contributed by atoms with Gasteiger partial charge in [0.1, 0.15) is 5.82 Å². The monoisotopic (exact) mass is 486 g/mol. The Morgan fingerprint density at radius 1 is 0.971 bits per heavy atom. The molecule has 1 saturated heterocycles. The van der Waals surface area contributed by atoms with Crippen molar-refractivity contribution >= 4 is 40.1 Å². The summed E-state index contributed by atoms with van der Waals surface area (Å²) in [6.45, 7) is 1.39. The number of aromatic nitrogens is 3. The molecule has 2 aromatic heterocycles. The highest BCUT2D eigenvalue weighted by atomic mass is 35.5. The van der Waals surface area contributed by atoms with Crippen molar-refractivity contribution in [3.8, 4) is 11.3 Å². The minimum absolute atomic E-state index is 0.198. The largest absolute Gasteiger partial charge is 0.355 e. The number of carbonyl (C=O) groups is 2.